The molecule has 2 rings (SSSR count). The van der Waals surface area contributed by atoms with E-state index in [9.17, 15) is 4.79 Å². The van der Waals surface area contributed by atoms with Crippen LogP contribution in [0.4, 0.5) is 4.79 Å². The zero-order valence-electron chi connectivity index (χ0n) is 10.6. The third-order valence-corrected chi connectivity index (χ3v) is 3.93. The fourth-order valence-electron chi connectivity index (χ4n) is 1.93. The van der Waals surface area contributed by atoms with Crippen LogP contribution in [0.3, 0.4) is 0 Å². The van der Waals surface area contributed by atoms with Crippen LogP contribution in [-0.4, -0.2) is 25.9 Å². The third-order valence-electron chi connectivity index (χ3n) is 2.94. The summed E-state index contributed by atoms with van der Waals surface area (Å²) in [6.07, 6.45) is 2.53. The van der Waals surface area contributed by atoms with Crippen LogP contribution in [0.15, 0.2) is 11.4 Å². The number of alkyl carbamates (subject to hydrolysis) is 1. The van der Waals surface area contributed by atoms with E-state index in [1.54, 1.807) is 11.3 Å². The van der Waals surface area contributed by atoms with Crippen LogP contribution in [0.1, 0.15) is 36.3 Å². The first-order valence-corrected chi connectivity index (χ1v) is 7.27. The number of thiophene rings is 1. The summed E-state index contributed by atoms with van der Waals surface area (Å²) >= 11 is 1.76. The first kappa shape index (κ1) is 13.4. The monoisotopic (exact) mass is 269 g/mol. The van der Waals surface area contributed by atoms with Crippen LogP contribution < -0.4 is 5.32 Å². The molecule has 2 heterocycles. The van der Waals surface area contributed by atoms with Gasteiger partial charge in [0.1, 0.15) is 6.10 Å². The van der Waals surface area contributed by atoms with Crippen molar-refractivity contribution in [1.82, 2.24) is 5.32 Å². The highest BCUT2D eigenvalue weighted by atomic mass is 32.1. The van der Waals surface area contributed by atoms with E-state index in [0.717, 1.165) is 25.9 Å². The number of carbonyl (C=O) groups is 1. The average Bonchev–Trinajstić information content (AvgIpc) is 2.85. The zero-order chi connectivity index (χ0) is 12.8. The Kier molecular flexibility index (Phi) is 5.01. The average molecular weight is 269 g/mol. The third kappa shape index (κ3) is 3.46. The smallest absolute Gasteiger partial charge is 0.407 e. The highest BCUT2D eigenvalue weighted by Gasteiger charge is 2.22. The standard InChI is InChI=1S/C13H19NO3S/c1-2-3-6-17-13(15)14-9-11-10-5-8-18-12(10)4-7-16-11/h5,8,11H,2-4,6-7,9H2,1H3,(H,14,15). The second kappa shape index (κ2) is 6.75. The molecule has 1 aliphatic rings. The minimum atomic E-state index is -0.352. The van der Waals surface area contributed by atoms with Gasteiger partial charge in [-0.1, -0.05) is 13.3 Å². The van der Waals surface area contributed by atoms with Crippen molar-refractivity contribution in [3.05, 3.63) is 21.9 Å². The van der Waals surface area contributed by atoms with Crippen molar-refractivity contribution in [1.29, 1.82) is 0 Å². The molecule has 0 aromatic carbocycles. The first-order chi connectivity index (χ1) is 8.81. The van der Waals surface area contributed by atoms with Gasteiger partial charge in [-0.3, -0.25) is 0 Å². The maximum atomic E-state index is 11.4. The van der Waals surface area contributed by atoms with Crippen molar-refractivity contribution in [3.63, 3.8) is 0 Å². The summed E-state index contributed by atoms with van der Waals surface area (Å²) in [6, 6.07) is 2.08. The zero-order valence-corrected chi connectivity index (χ0v) is 11.4. The van der Waals surface area contributed by atoms with Crippen LogP contribution >= 0.6 is 11.3 Å². The fraction of sp³-hybridized carbons (Fsp3) is 0.615. The van der Waals surface area contributed by atoms with Gasteiger partial charge in [0.25, 0.3) is 0 Å². The molecule has 1 amide bonds. The number of rotatable bonds is 5. The molecule has 100 valence electrons. The Balaban J connectivity index is 1.76. The van der Waals surface area contributed by atoms with Crippen molar-refractivity contribution in [2.24, 2.45) is 0 Å². The van der Waals surface area contributed by atoms with Crippen molar-refractivity contribution < 1.29 is 14.3 Å². The van der Waals surface area contributed by atoms with E-state index in [1.165, 1.54) is 10.4 Å². The van der Waals surface area contributed by atoms with Crippen LogP contribution in [0.5, 0.6) is 0 Å². The number of unbranched alkanes of at least 4 members (excludes halogenated alkanes) is 1. The molecule has 1 N–H and O–H groups in total. The molecule has 1 unspecified atom stereocenters. The molecular formula is C13H19NO3S. The molecule has 0 saturated heterocycles. The Morgan fingerprint density at radius 2 is 2.56 bits per heavy atom. The van der Waals surface area contributed by atoms with Gasteiger partial charge >= 0.3 is 6.09 Å². The van der Waals surface area contributed by atoms with E-state index in [2.05, 4.69) is 23.7 Å². The second-order valence-electron chi connectivity index (χ2n) is 4.28. The molecule has 1 aromatic rings. The number of carbonyl (C=O) groups excluding carboxylic acids is 1. The highest BCUT2D eigenvalue weighted by Crippen LogP contribution is 2.30. The highest BCUT2D eigenvalue weighted by molar-refractivity contribution is 7.10. The Morgan fingerprint density at radius 3 is 3.39 bits per heavy atom. The van der Waals surface area contributed by atoms with Gasteiger partial charge in [-0.2, -0.15) is 0 Å². The largest absolute Gasteiger partial charge is 0.450 e. The van der Waals surface area contributed by atoms with Crippen molar-refractivity contribution in [2.45, 2.75) is 32.3 Å². The molecule has 0 saturated carbocycles. The van der Waals surface area contributed by atoms with Crippen molar-refractivity contribution >= 4 is 17.4 Å². The molecule has 1 aromatic heterocycles. The minimum absolute atomic E-state index is 0.0290. The van der Waals surface area contributed by atoms with E-state index >= 15 is 0 Å². The maximum absolute atomic E-state index is 11.4. The van der Waals surface area contributed by atoms with Gasteiger partial charge in [-0.05, 0) is 23.4 Å². The molecule has 4 nitrogen and oxygen atoms in total. The lowest BCUT2D eigenvalue weighted by Crippen LogP contribution is -2.32. The quantitative estimate of drug-likeness (QED) is 0.836. The summed E-state index contributed by atoms with van der Waals surface area (Å²) in [5.74, 6) is 0. The molecule has 0 bridgehead atoms. The number of amides is 1. The SMILES string of the molecule is CCCCOC(=O)NCC1OCCc2sccc21. The molecule has 0 radical (unpaired) electrons. The number of hydrogen-bond donors (Lipinski definition) is 1. The topological polar surface area (TPSA) is 47.6 Å². The fourth-order valence-corrected chi connectivity index (χ4v) is 2.85. The first-order valence-electron chi connectivity index (χ1n) is 6.39. The van der Waals surface area contributed by atoms with Crippen LogP contribution in [0.25, 0.3) is 0 Å². The molecular weight excluding hydrogens is 250 g/mol. The molecule has 0 aliphatic carbocycles. The normalized spacial score (nSPS) is 18.2. The number of nitrogens with one attached hydrogen (secondary N) is 1. The molecule has 0 fully saturated rings. The Labute approximate surface area is 111 Å². The second-order valence-corrected chi connectivity index (χ2v) is 5.28. The van der Waals surface area contributed by atoms with Gasteiger partial charge in [0.05, 0.1) is 19.8 Å². The Morgan fingerprint density at radius 1 is 1.67 bits per heavy atom. The van der Waals surface area contributed by atoms with E-state index in [4.69, 9.17) is 9.47 Å². The maximum Gasteiger partial charge on any atom is 0.407 e. The van der Waals surface area contributed by atoms with Crippen molar-refractivity contribution in [2.75, 3.05) is 19.8 Å². The summed E-state index contributed by atoms with van der Waals surface area (Å²) in [6.45, 7) is 3.76. The van der Waals surface area contributed by atoms with Gasteiger partial charge in [0.2, 0.25) is 0 Å². The number of hydrogen-bond acceptors (Lipinski definition) is 4. The number of fused-ring (bicyclic) bond motifs is 1. The summed E-state index contributed by atoms with van der Waals surface area (Å²) in [4.78, 5) is 12.8. The van der Waals surface area contributed by atoms with Crippen molar-refractivity contribution in [3.8, 4) is 0 Å². The molecule has 0 spiro atoms. The van der Waals surface area contributed by atoms with Crippen LogP contribution in [0, 0.1) is 0 Å². The van der Waals surface area contributed by atoms with Gasteiger partial charge in [0.15, 0.2) is 0 Å². The Hall–Kier alpha value is -1.07. The lowest BCUT2D eigenvalue weighted by Gasteiger charge is -2.23. The molecule has 18 heavy (non-hydrogen) atoms. The predicted molar refractivity (Wildman–Crippen MR) is 71.0 cm³/mol. The predicted octanol–water partition coefficient (Wildman–Crippen LogP) is 2.89. The van der Waals surface area contributed by atoms with E-state index in [1.807, 2.05) is 0 Å². The summed E-state index contributed by atoms with van der Waals surface area (Å²) in [7, 11) is 0. The van der Waals surface area contributed by atoms with Crippen LogP contribution in [0.2, 0.25) is 0 Å². The van der Waals surface area contributed by atoms with Gasteiger partial charge in [-0.15, -0.1) is 11.3 Å². The van der Waals surface area contributed by atoms with Crippen LogP contribution in [-0.2, 0) is 15.9 Å². The summed E-state index contributed by atoms with van der Waals surface area (Å²) in [5.41, 5.74) is 1.21. The summed E-state index contributed by atoms with van der Waals surface area (Å²) < 4.78 is 10.7. The minimum Gasteiger partial charge on any atom is -0.450 e. The van der Waals surface area contributed by atoms with E-state index in [-0.39, 0.29) is 12.2 Å². The molecule has 1 aliphatic heterocycles. The van der Waals surface area contributed by atoms with E-state index < -0.39 is 0 Å². The lowest BCUT2D eigenvalue weighted by molar-refractivity contribution is 0.0423. The molecule has 5 heteroatoms. The van der Waals surface area contributed by atoms with Gasteiger partial charge in [-0.25, -0.2) is 4.79 Å². The van der Waals surface area contributed by atoms with E-state index in [0.29, 0.717) is 13.2 Å². The Bertz CT molecular complexity index is 391. The van der Waals surface area contributed by atoms with Gasteiger partial charge < -0.3 is 14.8 Å². The van der Waals surface area contributed by atoms with Gasteiger partial charge in [0, 0.05) is 11.3 Å². The molecule has 1 atom stereocenters. The number of ether oxygens (including phenoxy) is 2. The lowest BCUT2D eigenvalue weighted by atomic mass is 10.1. The summed E-state index contributed by atoms with van der Waals surface area (Å²) in [5, 5.41) is 4.84.